The van der Waals surface area contributed by atoms with Gasteiger partial charge in [-0.3, -0.25) is 9.59 Å². The first-order chi connectivity index (χ1) is 32.0. The normalized spacial score (nSPS) is 26.2. The molecule has 7 N–H and O–H groups in total. The number of rotatable bonds is 41. The van der Waals surface area contributed by atoms with Crippen LogP contribution >= 0.6 is 0 Å². The Hall–Kier alpha value is -1.76. The first-order valence-electron chi connectivity index (χ1n) is 26.3. The molecule has 15 nitrogen and oxygen atoms in total. The number of esters is 2. The molecule has 2 aliphatic heterocycles. The predicted molar refractivity (Wildman–Crippen MR) is 252 cm³/mol. The van der Waals surface area contributed by atoms with Crippen molar-refractivity contribution in [1.29, 1.82) is 0 Å². The molecule has 0 amide bonds. The molecular formula is C51H94O15. The largest absolute Gasteiger partial charge is 0.462 e. The second-order valence-corrected chi connectivity index (χ2v) is 18.7. The average Bonchev–Trinajstić information content (AvgIpc) is 3.31. The van der Waals surface area contributed by atoms with Crippen LogP contribution < -0.4 is 0 Å². The molecule has 11 atom stereocenters. The van der Waals surface area contributed by atoms with E-state index in [9.17, 15) is 45.3 Å². The fourth-order valence-electron chi connectivity index (χ4n) is 8.39. The van der Waals surface area contributed by atoms with Gasteiger partial charge in [-0.25, -0.2) is 0 Å². The number of hydrogen-bond acceptors (Lipinski definition) is 15. The minimum atomic E-state index is -1.76. The fourth-order valence-corrected chi connectivity index (χ4v) is 8.39. The first kappa shape index (κ1) is 60.4. The number of hydrogen-bond donors (Lipinski definition) is 7. The summed E-state index contributed by atoms with van der Waals surface area (Å²) in [5.41, 5.74) is 0. The highest BCUT2D eigenvalue weighted by Gasteiger charge is 2.47. The van der Waals surface area contributed by atoms with Gasteiger partial charge < -0.3 is 64.2 Å². The molecule has 2 saturated heterocycles. The summed E-state index contributed by atoms with van der Waals surface area (Å²) in [4.78, 5) is 25.8. The molecule has 2 rings (SSSR count). The number of aliphatic hydroxyl groups excluding tert-OH is 7. The third-order valence-electron chi connectivity index (χ3n) is 12.7. The summed E-state index contributed by atoms with van der Waals surface area (Å²) in [6.45, 7) is 2.60. The zero-order chi connectivity index (χ0) is 48.2. The van der Waals surface area contributed by atoms with Crippen LogP contribution in [-0.2, 0) is 38.0 Å². The number of carbonyl (C=O) groups is 2. The van der Waals surface area contributed by atoms with Crippen molar-refractivity contribution >= 4 is 11.9 Å². The molecule has 0 aromatic carbocycles. The molecular weight excluding hydrogens is 853 g/mol. The van der Waals surface area contributed by atoms with Crippen molar-refractivity contribution in [3.05, 3.63) is 12.2 Å². The van der Waals surface area contributed by atoms with Crippen LogP contribution in [0.2, 0.25) is 0 Å². The van der Waals surface area contributed by atoms with Crippen LogP contribution in [0, 0.1) is 0 Å². The van der Waals surface area contributed by atoms with Gasteiger partial charge in [0.15, 0.2) is 18.7 Å². The van der Waals surface area contributed by atoms with Gasteiger partial charge >= 0.3 is 11.9 Å². The lowest BCUT2D eigenvalue weighted by atomic mass is 9.98. The number of ether oxygens (including phenoxy) is 6. The van der Waals surface area contributed by atoms with Gasteiger partial charge in [-0.15, -0.1) is 0 Å². The SMILES string of the molecule is CCCCCC/C=C/CCCCCCCCCCCC(=O)OC[C@@H](CO[C@@H]1O[C@H](CO[C@@H]2O[C@H](CO)[C@H](O)C(O)C2O)[C@H](O)C(O)C1O)OC(=O)CCCCCCCCCCCCCCC. The summed E-state index contributed by atoms with van der Waals surface area (Å²) in [6, 6.07) is 0. The van der Waals surface area contributed by atoms with Crippen molar-refractivity contribution in [2.45, 2.75) is 274 Å². The Morgan fingerprint density at radius 1 is 0.470 bits per heavy atom. The molecule has 2 heterocycles. The lowest BCUT2D eigenvalue weighted by molar-refractivity contribution is -0.332. The summed E-state index contributed by atoms with van der Waals surface area (Å²) in [5, 5.41) is 72.1. The van der Waals surface area contributed by atoms with E-state index < -0.39 is 92.7 Å². The average molecular weight is 947 g/mol. The molecule has 0 aromatic rings. The van der Waals surface area contributed by atoms with Crippen molar-refractivity contribution in [3.63, 3.8) is 0 Å². The molecule has 2 fully saturated rings. The quantitative estimate of drug-likeness (QED) is 0.0180. The number of allylic oxidation sites excluding steroid dienone is 2. The maximum atomic E-state index is 13.0. The minimum Gasteiger partial charge on any atom is -0.462 e. The number of unbranched alkanes of at least 4 members (excludes halogenated alkanes) is 25. The zero-order valence-electron chi connectivity index (χ0n) is 40.9. The highest BCUT2D eigenvalue weighted by molar-refractivity contribution is 5.70. The first-order valence-corrected chi connectivity index (χ1v) is 26.3. The van der Waals surface area contributed by atoms with E-state index in [-0.39, 0.29) is 26.1 Å². The molecule has 0 aliphatic carbocycles. The minimum absolute atomic E-state index is 0.170. The Morgan fingerprint density at radius 2 is 0.864 bits per heavy atom. The molecule has 15 heteroatoms. The Bertz CT molecular complexity index is 1210. The van der Waals surface area contributed by atoms with Crippen LogP contribution in [0.4, 0.5) is 0 Å². The summed E-state index contributed by atoms with van der Waals surface area (Å²) in [7, 11) is 0. The third kappa shape index (κ3) is 26.8. The number of aliphatic hydroxyl groups is 7. The van der Waals surface area contributed by atoms with E-state index in [1.54, 1.807) is 0 Å². The smallest absolute Gasteiger partial charge is 0.306 e. The number of carbonyl (C=O) groups excluding carboxylic acids is 2. The maximum absolute atomic E-state index is 13.0. The monoisotopic (exact) mass is 947 g/mol. The molecule has 66 heavy (non-hydrogen) atoms. The van der Waals surface area contributed by atoms with Crippen molar-refractivity contribution in [2.75, 3.05) is 26.4 Å². The Balaban J connectivity index is 1.79. The van der Waals surface area contributed by atoms with Crippen LogP contribution in [-0.4, -0.2) is 142 Å². The van der Waals surface area contributed by atoms with Crippen LogP contribution in [0.15, 0.2) is 12.2 Å². The zero-order valence-corrected chi connectivity index (χ0v) is 40.9. The van der Waals surface area contributed by atoms with Gasteiger partial charge in [0.2, 0.25) is 0 Å². The topological polar surface area (TPSA) is 231 Å². The van der Waals surface area contributed by atoms with Crippen LogP contribution in [0.5, 0.6) is 0 Å². The predicted octanol–water partition coefficient (Wildman–Crippen LogP) is 7.38. The van der Waals surface area contributed by atoms with E-state index in [2.05, 4.69) is 26.0 Å². The van der Waals surface area contributed by atoms with Crippen molar-refractivity contribution in [3.8, 4) is 0 Å². The standard InChI is InChI=1S/C51H94O15/c1-3-5-7-9-11-13-15-17-18-19-20-22-23-25-27-29-31-33-42(53)61-36-39(64-43(54)34-32-30-28-26-24-21-16-14-12-10-8-6-4-2)37-62-50-49(60)47(58)45(56)41(66-50)38-63-51-48(59)46(57)44(55)40(35-52)65-51/h13,15,39-41,44-52,55-60H,3-12,14,16-38H2,1-2H3/b15-13+/t39-,40+,41+,44-,45-,46?,47?,48?,49?,50+,51+/m0/s1. The Morgan fingerprint density at radius 3 is 1.35 bits per heavy atom. The highest BCUT2D eigenvalue weighted by atomic mass is 16.7. The van der Waals surface area contributed by atoms with Gasteiger partial charge in [0, 0.05) is 12.8 Å². The van der Waals surface area contributed by atoms with Crippen LogP contribution in [0.1, 0.15) is 206 Å². The van der Waals surface area contributed by atoms with Gasteiger partial charge in [0.1, 0.15) is 55.4 Å². The van der Waals surface area contributed by atoms with Crippen LogP contribution in [0.25, 0.3) is 0 Å². The molecule has 0 radical (unpaired) electrons. The second kappa shape index (κ2) is 39.0. The fraction of sp³-hybridized carbons (Fsp3) is 0.922. The van der Waals surface area contributed by atoms with E-state index in [4.69, 9.17) is 28.4 Å². The molecule has 0 spiro atoms. The van der Waals surface area contributed by atoms with E-state index >= 15 is 0 Å². The Labute approximate surface area is 397 Å². The molecule has 0 saturated carbocycles. The van der Waals surface area contributed by atoms with Crippen LogP contribution in [0.3, 0.4) is 0 Å². The third-order valence-corrected chi connectivity index (χ3v) is 12.7. The molecule has 388 valence electrons. The van der Waals surface area contributed by atoms with Gasteiger partial charge in [0.25, 0.3) is 0 Å². The highest BCUT2D eigenvalue weighted by Crippen LogP contribution is 2.26. The summed E-state index contributed by atoms with van der Waals surface area (Å²) in [6.07, 6.45) is 20.9. The van der Waals surface area contributed by atoms with Crippen molar-refractivity contribution < 1.29 is 73.8 Å². The summed E-state index contributed by atoms with van der Waals surface area (Å²) < 4.78 is 33.6. The molecule has 0 bridgehead atoms. The van der Waals surface area contributed by atoms with E-state index in [0.29, 0.717) is 12.8 Å². The summed E-state index contributed by atoms with van der Waals surface area (Å²) >= 11 is 0. The summed E-state index contributed by atoms with van der Waals surface area (Å²) in [5.74, 6) is -0.917. The van der Waals surface area contributed by atoms with E-state index in [1.165, 1.54) is 128 Å². The van der Waals surface area contributed by atoms with Gasteiger partial charge in [-0.05, 0) is 38.5 Å². The molecule has 2 aliphatic rings. The van der Waals surface area contributed by atoms with Gasteiger partial charge in [-0.1, -0.05) is 167 Å². The van der Waals surface area contributed by atoms with E-state index in [1.807, 2.05) is 0 Å². The molecule has 4 unspecified atom stereocenters. The Kier molecular flexibility index (Phi) is 35.7. The lowest BCUT2D eigenvalue weighted by Crippen LogP contribution is -2.61. The molecule has 0 aromatic heterocycles. The van der Waals surface area contributed by atoms with Crippen molar-refractivity contribution in [2.24, 2.45) is 0 Å². The van der Waals surface area contributed by atoms with Gasteiger partial charge in [0.05, 0.1) is 19.8 Å². The lowest BCUT2D eigenvalue weighted by Gasteiger charge is -2.42. The van der Waals surface area contributed by atoms with Gasteiger partial charge in [-0.2, -0.15) is 0 Å². The maximum Gasteiger partial charge on any atom is 0.306 e. The van der Waals surface area contributed by atoms with E-state index in [0.717, 1.165) is 38.5 Å². The second-order valence-electron chi connectivity index (χ2n) is 18.7. The van der Waals surface area contributed by atoms with Crippen molar-refractivity contribution in [1.82, 2.24) is 0 Å².